The molecule has 0 aromatic heterocycles. The highest BCUT2D eigenvalue weighted by Gasteiger charge is 2.37. The Morgan fingerprint density at radius 3 is 2.67 bits per heavy atom. The molecule has 2 unspecified atom stereocenters. The van der Waals surface area contributed by atoms with Crippen molar-refractivity contribution in [3.05, 3.63) is 0 Å². The predicted molar refractivity (Wildman–Crippen MR) is 77.2 cm³/mol. The van der Waals surface area contributed by atoms with E-state index in [4.69, 9.17) is 4.74 Å². The number of nitrogens with zero attached hydrogens (tertiary/aromatic N) is 3. The Labute approximate surface area is 125 Å². The molecule has 120 valence electrons. The van der Waals surface area contributed by atoms with Crippen LogP contribution in [0.5, 0.6) is 0 Å². The van der Waals surface area contributed by atoms with E-state index >= 15 is 0 Å². The van der Waals surface area contributed by atoms with Crippen molar-refractivity contribution in [1.82, 2.24) is 14.7 Å². The summed E-state index contributed by atoms with van der Waals surface area (Å²) in [6, 6.07) is -0.889. The topological polar surface area (TPSA) is 73.3 Å². The van der Waals surface area contributed by atoms with Crippen LogP contribution >= 0.6 is 0 Å². The lowest BCUT2D eigenvalue weighted by Crippen LogP contribution is -2.58. The normalized spacial score (nSPS) is 28.3. The molecule has 7 nitrogen and oxygen atoms in total. The molecule has 2 aliphatic rings. The molecule has 0 aromatic carbocycles. The number of amides is 2. The number of urea groups is 1. The Kier molecular flexibility index (Phi) is 5.41. The van der Waals surface area contributed by atoms with E-state index in [0.717, 1.165) is 25.9 Å². The van der Waals surface area contributed by atoms with E-state index in [-0.39, 0.29) is 18.7 Å². The van der Waals surface area contributed by atoms with Gasteiger partial charge < -0.3 is 24.5 Å². The highest BCUT2D eigenvalue weighted by Crippen LogP contribution is 2.17. The van der Waals surface area contributed by atoms with Gasteiger partial charge in [0.25, 0.3) is 0 Å². The Hall–Kier alpha value is -1.34. The van der Waals surface area contributed by atoms with E-state index in [1.54, 1.807) is 0 Å². The second-order valence-corrected chi connectivity index (χ2v) is 5.78. The number of morpholine rings is 1. The average Bonchev–Trinajstić information content (AvgIpc) is 2.67. The molecule has 2 amide bonds. The van der Waals surface area contributed by atoms with Crippen LogP contribution in [0.15, 0.2) is 0 Å². The summed E-state index contributed by atoms with van der Waals surface area (Å²) in [5, 5.41) is 9.28. The molecular weight excluding hydrogens is 274 g/mol. The molecule has 7 heteroatoms. The van der Waals surface area contributed by atoms with Crippen LogP contribution in [0, 0.1) is 0 Å². The second kappa shape index (κ2) is 7.09. The predicted octanol–water partition coefficient (Wildman–Crippen LogP) is 0.308. The number of carboxylic acids is 1. The van der Waals surface area contributed by atoms with Gasteiger partial charge in [0.05, 0.1) is 13.2 Å². The van der Waals surface area contributed by atoms with Crippen LogP contribution in [-0.4, -0.2) is 90.3 Å². The summed E-state index contributed by atoms with van der Waals surface area (Å²) in [4.78, 5) is 29.7. The van der Waals surface area contributed by atoms with E-state index in [0.29, 0.717) is 19.7 Å². The lowest BCUT2D eigenvalue weighted by atomic mass is 10.1. The number of rotatable bonds is 2. The number of aliphatic carboxylic acids is 1. The Morgan fingerprint density at radius 1 is 1.24 bits per heavy atom. The van der Waals surface area contributed by atoms with Crippen molar-refractivity contribution in [1.29, 1.82) is 0 Å². The van der Waals surface area contributed by atoms with Gasteiger partial charge in [-0.15, -0.1) is 0 Å². The van der Waals surface area contributed by atoms with Crippen molar-refractivity contribution >= 4 is 12.0 Å². The fourth-order valence-electron chi connectivity index (χ4n) is 3.05. The van der Waals surface area contributed by atoms with Gasteiger partial charge >= 0.3 is 12.0 Å². The molecule has 2 saturated heterocycles. The zero-order valence-electron chi connectivity index (χ0n) is 12.8. The van der Waals surface area contributed by atoms with Gasteiger partial charge in [0.15, 0.2) is 6.04 Å². The summed E-state index contributed by atoms with van der Waals surface area (Å²) in [5.41, 5.74) is 0. The Bertz CT molecular complexity index is 390. The van der Waals surface area contributed by atoms with E-state index in [1.165, 1.54) is 4.90 Å². The average molecular weight is 299 g/mol. The molecule has 21 heavy (non-hydrogen) atoms. The quantitative estimate of drug-likeness (QED) is 0.794. The van der Waals surface area contributed by atoms with Crippen LogP contribution in [0.3, 0.4) is 0 Å². The lowest BCUT2D eigenvalue weighted by Gasteiger charge is -2.39. The Balaban J connectivity index is 2.13. The van der Waals surface area contributed by atoms with Crippen molar-refractivity contribution in [2.24, 2.45) is 0 Å². The summed E-state index contributed by atoms with van der Waals surface area (Å²) in [7, 11) is 2.06. The smallest absolute Gasteiger partial charge is 0.328 e. The SMILES string of the molecule is CCC1CN(C)CCCN1C(=O)N1CCOCC1C(=O)O. The molecule has 2 rings (SSSR count). The van der Waals surface area contributed by atoms with Crippen molar-refractivity contribution < 1.29 is 19.4 Å². The van der Waals surface area contributed by atoms with Crippen molar-refractivity contribution in [3.8, 4) is 0 Å². The van der Waals surface area contributed by atoms with Crippen LogP contribution in [0.2, 0.25) is 0 Å². The Morgan fingerprint density at radius 2 is 2.00 bits per heavy atom. The highest BCUT2D eigenvalue weighted by molar-refractivity contribution is 5.83. The standard InChI is InChI=1S/C14H25N3O4/c1-3-11-9-15(2)5-4-6-16(11)14(20)17-7-8-21-10-12(17)13(18)19/h11-12H,3-10H2,1-2H3,(H,18,19). The van der Waals surface area contributed by atoms with Crippen LogP contribution in [0.4, 0.5) is 4.79 Å². The van der Waals surface area contributed by atoms with Crippen molar-refractivity contribution in [2.75, 3.05) is 46.4 Å². The summed E-state index contributed by atoms with van der Waals surface area (Å²) in [6.45, 7) is 5.38. The number of hydrogen-bond acceptors (Lipinski definition) is 4. The van der Waals surface area contributed by atoms with Gasteiger partial charge in [-0.2, -0.15) is 0 Å². The van der Waals surface area contributed by atoms with Gasteiger partial charge in [0.1, 0.15) is 0 Å². The largest absolute Gasteiger partial charge is 0.480 e. The third kappa shape index (κ3) is 3.65. The zero-order valence-corrected chi connectivity index (χ0v) is 12.8. The molecule has 0 saturated carbocycles. The molecule has 0 bridgehead atoms. The first kappa shape index (κ1) is 16.0. The number of likely N-dealkylation sites (N-methyl/N-ethyl adjacent to an activating group) is 1. The number of carbonyl (C=O) groups is 2. The second-order valence-electron chi connectivity index (χ2n) is 5.78. The molecule has 2 atom stereocenters. The van der Waals surface area contributed by atoms with Crippen molar-refractivity contribution in [3.63, 3.8) is 0 Å². The number of carbonyl (C=O) groups excluding carboxylic acids is 1. The molecule has 0 aromatic rings. The molecular formula is C14H25N3O4. The van der Waals surface area contributed by atoms with Crippen LogP contribution in [0.1, 0.15) is 19.8 Å². The van der Waals surface area contributed by atoms with Gasteiger partial charge in [-0.3, -0.25) is 0 Å². The summed E-state index contributed by atoms with van der Waals surface area (Å²) < 4.78 is 5.20. The van der Waals surface area contributed by atoms with Gasteiger partial charge in [0, 0.05) is 25.7 Å². The van der Waals surface area contributed by atoms with Gasteiger partial charge in [-0.1, -0.05) is 6.92 Å². The third-order valence-electron chi connectivity index (χ3n) is 4.28. The molecule has 1 N–H and O–H groups in total. The molecule has 2 aliphatic heterocycles. The fourth-order valence-corrected chi connectivity index (χ4v) is 3.05. The maximum Gasteiger partial charge on any atom is 0.328 e. The van der Waals surface area contributed by atoms with Gasteiger partial charge in [-0.25, -0.2) is 9.59 Å². The molecule has 0 spiro atoms. The first-order valence-corrected chi connectivity index (χ1v) is 7.61. The number of hydrogen-bond donors (Lipinski definition) is 1. The third-order valence-corrected chi connectivity index (χ3v) is 4.28. The minimum atomic E-state index is -0.997. The van der Waals surface area contributed by atoms with Crippen LogP contribution in [0.25, 0.3) is 0 Å². The highest BCUT2D eigenvalue weighted by atomic mass is 16.5. The number of carboxylic acid groups (broad SMARTS) is 1. The van der Waals surface area contributed by atoms with E-state index in [1.807, 2.05) is 4.90 Å². The number of ether oxygens (including phenoxy) is 1. The summed E-state index contributed by atoms with van der Waals surface area (Å²) >= 11 is 0. The lowest BCUT2D eigenvalue weighted by molar-refractivity contribution is -0.147. The maximum atomic E-state index is 12.8. The monoisotopic (exact) mass is 299 g/mol. The summed E-state index contributed by atoms with van der Waals surface area (Å²) in [5.74, 6) is -0.997. The van der Waals surface area contributed by atoms with E-state index < -0.39 is 12.0 Å². The van der Waals surface area contributed by atoms with Crippen LogP contribution in [-0.2, 0) is 9.53 Å². The molecule has 0 aliphatic carbocycles. The zero-order chi connectivity index (χ0) is 15.4. The minimum Gasteiger partial charge on any atom is -0.480 e. The molecule has 2 heterocycles. The van der Waals surface area contributed by atoms with Gasteiger partial charge in [0.2, 0.25) is 0 Å². The van der Waals surface area contributed by atoms with Crippen LogP contribution < -0.4 is 0 Å². The molecule has 2 fully saturated rings. The van der Waals surface area contributed by atoms with Crippen molar-refractivity contribution in [2.45, 2.75) is 31.8 Å². The maximum absolute atomic E-state index is 12.8. The van der Waals surface area contributed by atoms with E-state index in [2.05, 4.69) is 18.9 Å². The minimum absolute atomic E-state index is 0.0750. The van der Waals surface area contributed by atoms with Gasteiger partial charge in [-0.05, 0) is 26.4 Å². The summed E-state index contributed by atoms with van der Waals surface area (Å²) in [6.07, 6.45) is 1.79. The first-order chi connectivity index (χ1) is 10.0. The first-order valence-electron chi connectivity index (χ1n) is 7.61. The fraction of sp³-hybridized carbons (Fsp3) is 0.857. The molecule has 0 radical (unpaired) electrons. The van der Waals surface area contributed by atoms with E-state index in [9.17, 15) is 14.7 Å².